The van der Waals surface area contributed by atoms with Crippen molar-refractivity contribution in [1.29, 1.82) is 0 Å². The molecule has 1 N–H and O–H groups in total. The molecule has 0 radical (unpaired) electrons. The van der Waals surface area contributed by atoms with Gasteiger partial charge in [0.2, 0.25) is 0 Å². The van der Waals surface area contributed by atoms with Gasteiger partial charge in [0.15, 0.2) is 0 Å². The summed E-state index contributed by atoms with van der Waals surface area (Å²) < 4.78 is 6.40. The maximum absolute atomic E-state index is 6.40. The molecule has 0 aromatic heterocycles. The van der Waals surface area contributed by atoms with Crippen LogP contribution in [0.5, 0.6) is 0 Å². The van der Waals surface area contributed by atoms with Gasteiger partial charge in [0, 0.05) is 6.04 Å². The number of ether oxygens (including phenoxy) is 1. The molecule has 0 saturated heterocycles. The van der Waals surface area contributed by atoms with Gasteiger partial charge in [-0.25, -0.2) is 0 Å². The maximum Gasteiger partial charge on any atom is 0.0606 e. The van der Waals surface area contributed by atoms with E-state index in [0.29, 0.717) is 12.2 Å². The first-order valence-corrected chi connectivity index (χ1v) is 7.66. The number of nitrogens with one attached hydrogen (secondary N) is 1. The predicted molar refractivity (Wildman–Crippen MR) is 72.2 cm³/mol. The molecule has 0 heterocycles. The molecule has 2 saturated carbocycles. The van der Waals surface area contributed by atoms with Crippen molar-refractivity contribution in [2.75, 3.05) is 7.05 Å². The Morgan fingerprint density at radius 3 is 2.35 bits per heavy atom. The Hall–Kier alpha value is -0.0800. The summed E-state index contributed by atoms with van der Waals surface area (Å²) in [5.41, 5.74) is 0. The Balaban J connectivity index is 1.76. The maximum atomic E-state index is 6.40. The molecule has 17 heavy (non-hydrogen) atoms. The lowest BCUT2D eigenvalue weighted by Gasteiger charge is -2.36. The van der Waals surface area contributed by atoms with Crippen LogP contribution in [0, 0.1) is 5.92 Å². The molecule has 0 bridgehead atoms. The molecule has 2 heteroatoms. The van der Waals surface area contributed by atoms with E-state index in [-0.39, 0.29) is 0 Å². The summed E-state index contributed by atoms with van der Waals surface area (Å²) in [6.07, 6.45) is 13.1. The van der Waals surface area contributed by atoms with E-state index in [9.17, 15) is 0 Å². The minimum absolute atomic E-state index is 0.553. The zero-order valence-corrected chi connectivity index (χ0v) is 11.6. The lowest BCUT2D eigenvalue weighted by molar-refractivity contribution is -0.0751. The average molecular weight is 239 g/mol. The topological polar surface area (TPSA) is 21.3 Å². The summed E-state index contributed by atoms with van der Waals surface area (Å²) >= 11 is 0. The lowest BCUT2D eigenvalue weighted by atomic mass is 9.84. The van der Waals surface area contributed by atoms with Crippen molar-refractivity contribution < 1.29 is 4.74 Å². The van der Waals surface area contributed by atoms with Crippen molar-refractivity contribution in [3.63, 3.8) is 0 Å². The van der Waals surface area contributed by atoms with E-state index in [0.717, 1.165) is 12.0 Å². The van der Waals surface area contributed by atoms with E-state index in [1.165, 1.54) is 57.8 Å². The Morgan fingerprint density at radius 1 is 1.00 bits per heavy atom. The monoisotopic (exact) mass is 239 g/mol. The van der Waals surface area contributed by atoms with Gasteiger partial charge in [-0.05, 0) is 51.5 Å². The molecule has 2 aliphatic rings. The third-order valence-corrected chi connectivity index (χ3v) is 4.81. The van der Waals surface area contributed by atoms with Crippen LogP contribution in [0.3, 0.4) is 0 Å². The van der Waals surface area contributed by atoms with Gasteiger partial charge in [-0.1, -0.05) is 26.2 Å². The highest BCUT2D eigenvalue weighted by Crippen LogP contribution is 2.32. The fourth-order valence-electron chi connectivity index (χ4n) is 3.55. The molecule has 0 aromatic rings. The van der Waals surface area contributed by atoms with Crippen LogP contribution in [0.25, 0.3) is 0 Å². The molecule has 100 valence electrons. The normalized spacial score (nSPS) is 39.2. The molecule has 0 aliphatic heterocycles. The molecule has 2 rings (SSSR count). The first-order valence-electron chi connectivity index (χ1n) is 7.66. The fourth-order valence-corrected chi connectivity index (χ4v) is 3.55. The molecule has 2 nitrogen and oxygen atoms in total. The number of hydrogen-bond acceptors (Lipinski definition) is 2. The Kier molecular flexibility index (Phi) is 5.30. The van der Waals surface area contributed by atoms with Crippen LogP contribution in [0.4, 0.5) is 0 Å². The van der Waals surface area contributed by atoms with Gasteiger partial charge in [0.25, 0.3) is 0 Å². The standard InChI is InChI=1S/C15H29NO/c1-3-12-6-4-5-7-15(12)17-14-10-8-13(16-2)9-11-14/h12-16H,3-11H2,1-2H3. The van der Waals surface area contributed by atoms with Crippen molar-refractivity contribution in [1.82, 2.24) is 5.32 Å². The van der Waals surface area contributed by atoms with Crippen LogP contribution in [0.1, 0.15) is 64.7 Å². The third-order valence-electron chi connectivity index (χ3n) is 4.81. The summed E-state index contributed by atoms with van der Waals surface area (Å²) in [7, 11) is 2.08. The first-order chi connectivity index (χ1) is 8.33. The molecular formula is C15H29NO. The van der Waals surface area contributed by atoms with E-state index in [1.54, 1.807) is 0 Å². The third kappa shape index (κ3) is 3.69. The largest absolute Gasteiger partial charge is 0.375 e. The summed E-state index contributed by atoms with van der Waals surface area (Å²) in [6, 6.07) is 0.739. The van der Waals surface area contributed by atoms with E-state index >= 15 is 0 Å². The van der Waals surface area contributed by atoms with Gasteiger partial charge in [-0.15, -0.1) is 0 Å². The average Bonchev–Trinajstić information content (AvgIpc) is 2.40. The van der Waals surface area contributed by atoms with Gasteiger partial charge in [-0.2, -0.15) is 0 Å². The molecule has 0 amide bonds. The highest BCUT2D eigenvalue weighted by atomic mass is 16.5. The van der Waals surface area contributed by atoms with Crippen molar-refractivity contribution >= 4 is 0 Å². The van der Waals surface area contributed by atoms with Gasteiger partial charge in [-0.3, -0.25) is 0 Å². The molecule has 0 spiro atoms. The first kappa shape index (κ1) is 13.4. The van der Waals surface area contributed by atoms with E-state index in [1.807, 2.05) is 0 Å². The van der Waals surface area contributed by atoms with Crippen molar-refractivity contribution in [3.05, 3.63) is 0 Å². The molecule has 0 aromatic carbocycles. The molecular weight excluding hydrogens is 210 g/mol. The van der Waals surface area contributed by atoms with Crippen LogP contribution in [0.2, 0.25) is 0 Å². The minimum atomic E-state index is 0.553. The van der Waals surface area contributed by atoms with E-state index in [4.69, 9.17) is 4.74 Å². The minimum Gasteiger partial charge on any atom is -0.375 e. The Labute approximate surface area is 107 Å². The Bertz CT molecular complexity index is 211. The summed E-state index contributed by atoms with van der Waals surface area (Å²) in [6.45, 7) is 2.32. The predicted octanol–water partition coefficient (Wildman–Crippen LogP) is 3.50. The van der Waals surface area contributed by atoms with Gasteiger partial charge < -0.3 is 10.1 Å². The molecule has 2 aliphatic carbocycles. The Morgan fingerprint density at radius 2 is 1.71 bits per heavy atom. The number of rotatable bonds is 4. The SMILES string of the molecule is CCC1CCCCC1OC1CCC(NC)CC1. The zero-order valence-electron chi connectivity index (χ0n) is 11.6. The van der Waals surface area contributed by atoms with E-state index in [2.05, 4.69) is 19.3 Å². The van der Waals surface area contributed by atoms with Crippen molar-refractivity contribution in [2.24, 2.45) is 5.92 Å². The quantitative estimate of drug-likeness (QED) is 0.810. The summed E-state index contributed by atoms with van der Waals surface area (Å²) in [5.74, 6) is 0.839. The highest BCUT2D eigenvalue weighted by Gasteiger charge is 2.29. The van der Waals surface area contributed by atoms with Crippen LogP contribution in [-0.2, 0) is 4.74 Å². The van der Waals surface area contributed by atoms with Gasteiger partial charge in [0.1, 0.15) is 0 Å². The van der Waals surface area contributed by atoms with Crippen LogP contribution in [0.15, 0.2) is 0 Å². The summed E-state index contributed by atoms with van der Waals surface area (Å²) in [4.78, 5) is 0. The second-order valence-electron chi connectivity index (χ2n) is 5.89. The van der Waals surface area contributed by atoms with Gasteiger partial charge in [0.05, 0.1) is 12.2 Å². The van der Waals surface area contributed by atoms with Gasteiger partial charge >= 0.3 is 0 Å². The molecule has 2 unspecified atom stereocenters. The van der Waals surface area contributed by atoms with Crippen LogP contribution >= 0.6 is 0 Å². The highest BCUT2D eigenvalue weighted by molar-refractivity contribution is 4.80. The van der Waals surface area contributed by atoms with Crippen molar-refractivity contribution in [3.8, 4) is 0 Å². The summed E-state index contributed by atoms with van der Waals surface area (Å²) in [5, 5.41) is 3.39. The van der Waals surface area contributed by atoms with Crippen LogP contribution in [-0.4, -0.2) is 25.3 Å². The molecule has 2 atom stereocenters. The number of hydrogen-bond donors (Lipinski definition) is 1. The second kappa shape index (κ2) is 6.75. The van der Waals surface area contributed by atoms with Crippen LogP contribution < -0.4 is 5.32 Å². The van der Waals surface area contributed by atoms with E-state index < -0.39 is 0 Å². The van der Waals surface area contributed by atoms with Crippen molar-refractivity contribution in [2.45, 2.75) is 83.0 Å². The smallest absolute Gasteiger partial charge is 0.0606 e. The second-order valence-corrected chi connectivity index (χ2v) is 5.89. The zero-order chi connectivity index (χ0) is 12.1. The fraction of sp³-hybridized carbons (Fsp3) is 1.00. The molecule has 2 fully saturated rings. The lowest BCUT2D eigenvalue weighted by Crippen LogP contribution is -2.37.